The molecule has 0 radical (unpaired) electrons. The molecule has 1 fully saturated rings. The summed E-state index contributed by atoms with van der Waals surface area (Å²) in [6.45, 7) is 2.60. The number of hydrogen-bond donors (Lipinski definition) is 3. The third-order valence-electron chi connectivity index (χ3n) is 4.01. The molecule has 1 unspecified atom stereocenters. The molecule has 0 aromatic heterocycles. The first-order valence-corrected chi connectivity index (χ1v) is 7.20. The molecule has 0 saturated carbocycles. The van der Waals surface area contributed by atoms with Gasteiger partial charge >= 0.3 is 0 Å². The minimum atomic E-state index is -0.0419. The number of carbonyl (C=O) groups excluding carboxylic acids is 1. The molecular weight excluding hydrogens is 238 g/mol. The van der Waals surface area contributed by atoms with Gasteiger partial charge in [0.2, 0.25) is 5.91 Å². The maximum atomic E-state index is 11.9. The average molecular weight is 259 g/mol. The first kappa shape index (κ1) is 12.5. The van der Waals surface area contributed by atoms with E-state index >= 15 is 0 Å². The molecule has 0 spiro atoms. The lowest BCUT2D eigenvalue weighted by Crippen LogP contribution is -2.42. The van der Waals surface area contributed by atoms with Gasteiger partial charge in [0.25, 0.3) is 0 Å². The summed E-state index contributed by atoms with van der Waals surface area (Å²) in [4.78, 5) is 11.9. The van der Waals surface area contributed by atoms with Crippen LogP contribution in [0.15, 0.2) is 18.2 Å². The van der Waals surface area contributed by atoms with Crippen LogP contribution in [0.3, 0.4) is 0 Å². The topological polar surface area (TPSA) is 53.2 Å². The fourth-order valence-electron chi connectivity index (χ4n) is 2.93. The molecule has 0 aliphatic carbocycles. The predicted octanol–water partition coefficient (Wildman–Crippen LogP) is 1.41. The number of nitrogens with one attached hydrogen (secondary N) is 3. The lowest BCUT2D eigenvalue weighted by molar-refractivity contribution is -0.122. The lowest BCUT2D eigenvalue weighted by Gasteiger charge is -2.16. The summed E-state index contributed by atoms with van der Waals surface area (Å²) in [5.74, 6) is 0.151. The number of hydrogen-bond acceptors (Lipinski definition) is 3. The maximum Gasteiger partial charge on any atom is 0.237 e. The van der Waals surface area contributed by atoms with Crippen LogP contribution in [0.25, 0.3) is 0 Å². The summed E-state index contributed by atoms with van der Waals surface area (Å²) >= 11 is 0. The average Bonchev–Trinajstić information content (AvgIpc) is 2.81. The van der Waals surface area contributed by atoms with Crippen LogP contribution in [-0.4, -0.2) is 25.0 Å². The van der Waals surface area contributed by atoms with Gasteiger partial charge in [-0.05, 0) is 36.8 Å². The molecule has 3 N–H and O–H groups in total. The molecule has 2 aliphatic rings. The molecule has 1 amide bonds. The normalized spacial score (nSPS) is 22.3. The van der Waals surface area contributed by atoms with E-state index in [4.69, 9.17) is 0 Å². The number of anilines is 1. The van der Waals surface area contributed by atoms with Crippen LogP contribution in [0.1, 0.15) is 30.4 Å². The predicted molar refractivity (Wildman–Crippen MR) is 76.1 cm³/mol. The second-order valence-electron chi connectivity index (χ2n) is 5.35. The third-order valence-corrected chi connectivity index (χ3v) is 4.01. The van der Waals surface area contributed by atoms with E-state index in [1.807, 2.05) is 0 Å². The molecule has 1 aromatic rings. The molecule has 4 nitrogen and oxygen atoms in total. The summed E-state index contributed by atoms with van der Waals surface area (Å²) in [7, 11) is 0. The Balaban J connectivity index is 1.66. The van der Waals surface area contributed by atoms with E-state index in [9.17, 15) is 4.79 Å². The summed E-state index contributed by atoms with van der Waals surface area (Å²) in [5, 5.41) is 9.81. The second kappa shape index (κ2) is 5.61. The fourth-order valence-corrected chi connectivity index (χ4v) is 2.93. The highest BCUT2D eigenvalue weighted by molar-refractivity contribution is 5.81. The van der Waals surface area contributed by atoms with Gasteiger partial charge in [-0.15, -0.1) is 0 Å². The van der Waals surface area contributed by atoms with Crippen molar-refractivity contribution in [1.29, 1.82) is 0 Å². The van der Waals surface area contributed by atoms with Crippen LogP contribution in [0.4, 0.5) is 5.69 Å². The van der Waals surface area contributed by atoms with Crippen LogP contribution >= 0.6 is 0 Å². The number of benzene rings is 1. The highest BCUT2D eigenvalue weighted by atomic mass is 16.2. The van der Waals surface area contributed by atoms with E-state index in [0.29, 0.717) is 0 Å². The van der Waals surface area contributed by atoms with E-state index in [1.54, 1.807) is 0 Å². The first-order chi connectivity index (χ1) is 9.34. The van der Waals surface area contributed by atoms with Gasteiger partial charge in [0, 0.05) is 25.3 Å². The molecular formula is C15H21N3O. The molecule has 3 rings (SSSR count). The van der Waals surface area contributed by atoms with E-state index in [2.05, 4.69) is 34.1 Å². The van der Waals surface area contributed by atoms with Crippen molar-refractivity contribution in [3.63, 3.8) is 0 Å². The number of amides is 1. The first-order valence-electron chi connectivity index (χ1n) is 7.20. The van der Waals surface area contributed by atoms with Crippen LogP contribution < -0.4 is 16.0 Å². The molecule has 4 heteroatoms. The quantitative estimate of drug-likeness (QED) is 0.769. The Labute approximate surface area is 114 Å². The van der Waals surface area contributed by atoms with Crippen LogP contribution in [-0.2, 0) is 17.8 Å². The minimum absolute atomic E-state index is 0.0419. The van der Waals surface area contributed by atoms with Crippen molar-refractivity contribution in [2.24, 2.45) is 0 Å². The zero-order valence-corrected chi connectivity index (χ0v) is 11.2. The van der Waals surface area contributed by atoms with Gasteiger partial charge in [-0.2, -0.15) is 0 Å². The summed E-state index contributed by atoms with van der Waals surface area (Å²) in [6.07, 6.45) is 4.25. The molecule has 2 aliphatic heterocycles. The molecule has 1 aromatic carbocycles. The summed E-state index contributed by atoms with van der Waals surface area (Å²) in [6, 6.07) is 6.38. The standard InChI is InChI=1S/C15H21N3O/c19-15-13(6-1-2-8-17-15)18-10-12-5-3-4-11-7-9-16-14(11)12/h3-5,13,16,18H,1-2,6-10H2,(H,17,19). The molecule has 2 heterocycles. The van der Waals surface area contributed by atoms with Crippen LogP contribution in [0.5, 0.6) is 0 Å². The van der Waals surface area contributed by atoms with Crippen molar-refractivity contribution in [1.82, 2.24) is 10.6 Å². The van der Waals surface area contributed by atoms with E-state index in [1.165, 1.54) is 16.8 Å². The van der Waals surface area contributed by atoms with E-state index < -0.39 is 0 Å². The van der Waals surface area contributed by atoms with Gasteiger partial charge in [0.05, 0.1) is 6.04 Å². The monoisotopic (exact) mass is 259 g/mol. The van der Waals surface area contributed by atoms with Gasteiger partial charge < -0.3 is 16.0 Å². The maximum absolute atomic E-state index is 11.9. The third kappa shape index (κ3) is 2.73. The van der Waals surface area contributed by atoms with Crippen LogP contribution in [0.2, 0.25) is 0 Å². The summed E-state index contributed by atoms with van der Waals surface area (Å²) < 4.78 is 0. The SMILES string of the molecule is O=C1NCCCCC1NCc1cccc2c1NCC2. The van der Waals surface area contributed by atoms with Crippen LogP contribution in [0, 0.1) is 0 Å². The van der Waals surface area contributed by atoms with Crippen molar-refractivity contribution >= 4 is 11.6 Å². The second-order valence-corrected chi connectivity index (χ2v) is 5.35. The van der Waals surface area contributed by atoms with Gasteiger partial charge in [0.15, 0.2) is 0 Å². The largest absolute Gasteiger partial charge is 0.384 e. The van der Waals surface area contributed by atoms with Crippen molar-refractivity contribution in [2.45, 2.75) is 38.3 Å². The summed E-state index contributed by atoms with van der Waals surface area (Å²) in [5.41, 5.74) is 3.93. The fraction of sp³-hybridized carbons (Fsp3) is 0.533. The molecule has 0 bridgehead atoms. The molecule has 1 atom stereocenters. The van der Waals surface area contributed by atoms with Gasteiger partial charge in [0.1, 0.15) is 0 Å². The van der Waals surface area contributed by atoms with Crippen molar-refractivity contribution in [3.05, 3.63) is 29.3 Å². The molecule has 1 saturated heterocycles. The van der Waals surface area contributed by atoms with Gasteiger partial charge in [-0.1, -0.05) is 18.2 Å². The van der Waals surface area contributed by atoms with E-state index in [-0.39, 0.29) is 11.9 Å². The Morgan fingerprint density at radius 3 is 3.11 bits per heavy atom. The number of carbonyl (C=O) groups is 1. The highest BCUT2D eigenvalue weighted by Gasteiger charge is 2.21. The Morgan fingerprint density at radius 1 is 1.21 bits per heavy atom. The highest BCUT2D eigenvalue weighted by Crippen LogP contribution is 2.26. The van der Waals surface area contributed by atoms with Gasteiger partial charge in [-0.25, -0.2) is 0 Å². The smallest absolute Gasteiger partial charge is 0.237 e. The minimum Gasteiger partial charge on any atom is -0.384 e. The Kier molecular flexibility index (Phi) is 3.69. The molecule has 102 valence electrons. The van der Waals surface area contributed by atoms with Crippen molar-refractivity contribution in [3.8, 4) is 0 Å². The Bertz CT molecular complexity index is 472. The van der Waals surface area contributed by atoms with Gasteiger partial charge in [-0.3, -0.25) is 4.79 Å². The van der Waals surface area contributed by atoms with Crippen molar-refractivity contribution in [2.75, 3.05) is 18.4 Å². The Hall–Kier alpha value is -1.55. The number of para-hydroxylation sites is 1. The zero-order valence-electron chi connectivity index (χ0n) is 11.2. The van der Waals surface area contributed by atoms with Crippen molar-refractivity contribution < 1.29 is 4.79 Å². The van der Waals surface area contributed by atoms with E-state index in [0.717, 1.165) is 45.3 Å². The number of fused-ring (bicyclic) bond motifs is 1. The Morgan fingerprint density at radius 2 is 2.16 bits per heavy atom. The lowest BCUT2D eigenvalue weighted by atomic mass is 10.1. The zero-order chi connectivity index (χ0) is 13.1. The molecule has 19 heavy (non-hydrogen) atoms. The number of rotatable bonds is 3.